The number of amides is 2. The van der Waals surface area contributed by atoms with Crippen molar-refractivity contribution < 1.29 is 9.59 Å². The van der Waals surface area contributed by atoms with Crippen LogP contribution in [0.15, 0.2) is 24.3 Å². The summed E-state index contributed by atoms with van der Waals surface area (Å²) < 4.78 is 0. The van der Waals surface area contributed by atoms with E-state index in [0.29, 0.717) is 23.8 Å². The fraction of sp³-hybridized carbons (Fsp3) is 0.579. The van der Waals surface area contributed by atoms with E-state index in [4.69, 9.17) is 0 Å². The Balaban J connectivity index is 1.84. The van der Waals surface area contributed by atoms with E-state index in [0.717, 1.165) is 18.8 Å². The van der Waals surface area contributed by atoms with E-state index in [1.54, 1.807) is 24.3 Å². The molecular formula is C19H29N3O2. The van der Waals surface area contributed by atoms with E-state index >= 15 is 0 Å². The fourth-order valence-electron chi connectivity index (χ4n) is 3.09. The van der Waals surface area contributed by atoms with Gasteiger partial charge >= 0.3 is 0 Å². The molecule has 2 atom stereocenters. The summed E-state index contributed by atoms with van der Waals surface area (Å²) in [5, 5.41) is 9.18. The summed E-state index contributed by atoms with van der Waals surface area (Å²) >= 11 is 0. The van der Waals surface area contributed by atoms with Gasteiger partial charge in [-0.1, -0.05) is 6.92 Å². The number of benzene rings is 1. The first-order chi connectivity index (χ1) is 11.5. The van der Waals surface area contributed by atoms with Crippen LogP contribution in [-0.2, 0) is 4.79 Å². The topological polar surface area (TPSA) is 70.2 Å². The molecule has 1 aromatic rings. The Bertz CT molecular complexity index is 548. The van der Waals surface area contributed by atoms with Crippen LogP contribution in [0.3, 0.4) is 0 Å². The molecule has 1 fully saturated rings. The molecule has 2 rings (SSSR count). The van der Waals surface area contributed by atoms with Gasteiger partial charge in [0.15, 0.2) is 0 Å². The van der Waals surface area contributed by atoms with Crippen molar-refractivity contribution in [2.24, 2.45) is 11.8 Å². The Kier molecular flexibility index (Phi) is 6.79. The summed E-state index contributed by atoms with van der Waals surface area (Å²) in [5.41, 5.74) is 1.33. The third-order valence-electron chi connectivity index (χ3n) is 4.50. The Morgan fingerprint density at radius 1 is 1.21 bits per heavy atom. The van der Waals surface area contributed by atoms with E-state index in [-0.39, 0.29) is 17.9 Å². The summed E-state index contributed by atoms with van der Waals surface area (Å²) in [5.74, 6) is 0.884. The number of carbonyl (C=O) groups is 2. The molecule has 1 saturated heterocycles. The first kappa shape index (κ1) is 18.5. The van der Waals surface area contributed by atoms with Crippen LogP contribution >= 0.6 is 0 Å². The third kappa shape index (κ3) is 5.64. The molecule has 5 nitrogen and oxygen atoms in total. The molecule has 2 amide bonds. The Morgan fingerprint density at radius 2 is 1.92 bits per heavy atom. The van der Waals surface area contributed by atoms with Crippen LogP contribution in [0.4, 0.5) is 5.69 Å². The van der Waals surface area contributed by atoms with Crippen molar-refractivity contribution in [2.45, 2.75) is 46.1 Å². The molecule has 0 saturated carbocycles. The van der Waals surface area contributed by atoms with Gasteiger partial charge in [-0.2, -0.15) is 0 Å². The summed E-state index contributed by atoms with van der Waals surface area (Å²) in [6.07, 6.45) is 2.92. The van der Waals surface area contributed by atoms with Crippen molar-refractivity contribution in [3.05, 3.63) is 29.8 Å². The van der Waals surface area contributed by atoms with E-state index in [9.17, 15) is 9.59 Å². The Hall–Kier alpha value is -1.88. The lowest BCUT2D eigenvalue weighted by Gasteiger charge is -2.28. The number of hydrogen-bond donors (Lipinski definition) is 3. The SMILES string of the molecule is CC(C)NC(=O)c1ccc(NC(=O)CC(C)C2CCCNC2)cc1. The molecule has 0 radical (unpaired) electrons. The number of piperidine rings is 1. The molecule has 0 aromatic heterocycles. The zero-order chi connectivity index (χ0) is 17.5. The molecule has 132 valence electrons. The predicted molar refractivity (Wildman–Crippen MR) is 97.0 cm³/mol. The van der Waals surface area contributed by atoms with Crippen molar-refractivity contribution in [3.8, 4) is 0 Å². The minimum absolute atomic E-state index is 0.0347. The lowest BCUT2D eigenvalue weighted by atomic mass is 9.85. The van der Waals surface area contributed by atoms with E-state index < -0.39 is 0 Å². The van der Waals surface area contributed by atoms with Gasteiger partial charge in [0, 0.05) is 23.7 Å². The average Bonchev–Trinajstić information content (AvgIpc) is 2.55. The molecular weight excluding hydrogens is 302 g/mol. The molecule has 1 aromatic carbocycles. The molecule has 0 aliphatic carbocycles. The zero-order valence-electron chi connectivity index (χ0n) is 14.9. The molecule has 0 spiro atoms. The number of carbonyl (C=O) groups excluding carboxylic acids is 2. The van der Waals surface area contributed by atoms with E-state index in [1.165, 1.54) is 12.8 Å². The van der Waals surface area contributed by atoms with Crippen LogP contribution < -0.4 is 16.0 Å². The largest absolute Gasteiger partial charge is 0.350 e. The second-order valence-electron chi connectivity index (χ2n) is 7.04. The maximum absolute atomic E-state index is 12.2. The van der Waals surface area contributed by atoms with Gasteiger partial charge in [-0.3, -0.25) is 9.59 Å². The minimum atomic E-state index is -0.0960. The van der Waals surface area contributed by atoms with Gasteiger partial charge in [-0.15, -0.1) is 0 Å². The molecule has 3 N–H and O–H groups in total. The van der Waals surface area contributed by atoms with Crippen molar-refractivity contribution in [2.75, 3.05) is 18.4 Å². The van der Waals surface area contributed by atoms with Crippen LogP contribution in [0.2, 0.25) is 0 Å². The fourth-order valence-corrected chi connectivity index (χ4v) is 3.09. The van der Waals surface area contributed by atoms with E-state index in [1.807, 2.05) is 13.8 Å². The average molecular weight is 331 g/mol. The first-order valence-electron chi connectivity index (χ1n) is 8.87. The van der Waals surface area contributed by atoms with Crippen molar-refractivity contribution in [1.29, 1.82) is 0 Å². The molecule has 24 heavy (non-hydrogen) atoms. The van der Waals surface area contributed by atoms with Gasteiger partial charge in [0.05, 0.1) is 0 Å². The second kappa shape index (κ2) is 8.83. The summed E-state index contributed by atoms with van der Waals surface area (Å²) in [6.45, 7) is 8.10. The summed E-state index contributed by atoms with van der Waals surface area (Å²) in [6, 6.07) is 7.14. The predicted octanol–water partition coefficient (Wildman–Crippen LogP) is 2.79. The second-order valence-corrected chi connectivity index (χ2v) is 7.04. The monoisotopic (exact) mass is 331 g/mol. The van der Waals surface area contributed by atoms with Gasteiger partial charge in [-0.05, 0) is 75.9 Å². The molecule has 0 bridgehead atoms. The standard InChI is InChI=1S/C19H29N3O2/c1-13(2)21-19(24)15-6-8-17(9-7-15)22-18(23)11-14(3)16-5-4-10-20-12-16/h6-9,13-14,16,20H,4-5,10-12H2,1-3H3,(H,21,24)(H,22,23). The maximum Gasteiger partial charge on any atom is 0.251 e. The minimum Gasteiger partial charge on any atom is -0.350 e. The molecule has 1 aliphatic rings. The van der Waals surface area contributed by atoms with Gasteiger partial charge < -0.3 is 16.0 Å². The maximum atomic E-state index is 12.2. The lowest BCUT2D eigenvalue weighted by Crippen LogP contribution is -2.34. The normalized spacial score (nSPS) is 18.9. The van der Waals surface area contributed by atoms with E-state index in [2.05, 4.69) is 22.9 Å². The lowest BCUT2D eigenvalue weighted by molar-refractivity contribution is -0.117. The highest BCUT2D eigenvalue weighted by Crippen LogP contribution is 2.23. The first-order valence-corrected chi connectivity index (χ1v) is 8.87. The Morgan fingerprint density at radius 3 is 2.50 bits per heavy atom. The van der Waals surface area contributed by atoms with Gasteiger partial charge in [0.25, 0.3) is 5.91 Å². The third-order valence-corrected chi connectivity index (χ3v) is 4.50. The smallest absolute Gasteiger partial charge is 0.251 e. The molecule has 5 heteroatoms. The molecule has 1 aliphatic heterocycles. The number of anilines is 1. The highest BCUT2D eigenvalue weighted by molar-refractivity contribution is 5.95. The number of nitrogens with one attached hydrogen (secondary N) is 3. The summed E-state index contributed by atoms with van der Waals surface area (Å²) in [4.78, 5) is 24.1. The Labute approximate surface area is 144 Å². The number of rotatable bonds is 6. The summed E-state index contributed by atoms with van der Waals surface area (Å²) in [7, 11) is 0. The quantitative estimate of drug-likeness (QED) is 0.751. The highest BCUT2D eigenvalue weighted by Gasteiger charge is 2.22. The number of hydrogen-bond acceptors (Lipinski definition) is 3. The van der Waals surface area contributed by atoms with Crippen LogP contribution in [0.5, 0.6) is 0 Å². The van der Waals surface area contributed by atoms with Crippen molar-refractivity contribution in [1.82, 2.24) is 10.6 Å². The van der Waals surface area contributed by atoms with Gasteiger partial charge in [-0.25, -0.2) is 0 Å². The molecule has 2 unspecified atom stereocenters. The zero-order valence-corrected chi connectivity index (χ0v) is 14.9. The van der Waals surface area contributed by atoms with Crippen LogP contribution in [0.1, 0.15) is 50.4 Å². The van der Waals surface area contributed by atoms with Crippen LogP contribution in [0.25, 0.3) is 0 Å². The van der Waals surface area contributed by atoms with Crippen molar-refractivity contribution in [3.63, 3.8) is 0 Å². The van der Waals surface area contributed by atoms with Crippen LogP contribution in [0, 0.1) is 11.8 Å². The van der Waals surface area contributed by atoms with Gasteiger partial charge in [0.1, 0.15) is 0 Å². The van der Waals surface area contributed by atoms with Crippen molar-refractivity contribution >= 4 is 17.5 Å². The molecule has 1 heterocycles. The van der Waals surface area contributed by atoms with Crippen LogP contribution in [-0.4, -0.2) is 30.9 Å². The highest BCUT2D eigenvalue weighted by atomic mass is 16.2. The van der Waals surface area contributed by atoms with Gasteiger partial charge in [0.2, 0.25) is 5.91 Å².